The molecule has 5 nitrogen and oxygen atoms in total. The molecule has 0 aliphatic carbocycles. The molecule has 0 bridgehead atoms. The number of rotatable bonds is 4. The third kappa shape index (κ3) is 2.50. The monoisotopic (exact) mass is 232 g/mol. The maximum absolute atomic E-state index is 11.8. The lowest BCUT2D eigenvalue weighted by Crippen LogP contribution is -2.22. The van der Waals surface area contributed by atoms with Crippen molar-refractivity contribution in [3.63, 3.8) is 0 Å². The lowest BCUT2D eigenvalue weighted by molar-refractivity contribution is -0.345. The Kier molecular flexibility index (Phi) is 3.18. The third-order valence-corrected chi connectivity index (χ3v) is 2.55. The molecule has 0 saturated heterocycles. The van der Waals surface area contributed by atoms with Gasteiger partial charge in [-0.3, -0.25) is 0 Å². The smallest absolute Gasteiger partial charge is 0.314 e. The molecule has 0 radical (unpaired) electrons. The Labute approximate surface area is 97.7 Å². The number of hydrogen-bond acceptors (Lipinski definition) is 3. The van der Waals surface area contributed by atoms with E-state index in [2.05, 4.69) is 4.98 Å². The largest absolute Gasteiger partial charge is 0.550 e. The number of para-hydroxylation sites is 2. The van der Waals surface area contributed by atoms with E-state index in [1.54, 1.807) is 6.33 Å². The minimum absolute atomic E-state index is 0.0886. The quantitative estimate of drug-likeness (QED) is 0.745. The summed E-state index contributed by atoms with van der Waals surface area (Å²) in [7, 11) is 0. The molecule has 5 heteroatoms. The van der Waals surface area contributed by atoms with E-state index >= 15 is 0 Å². The molecule has 0 aliphatic rings. The van der Waals surface area contributed by atoms with Crippen molar-refractivity contribution in [3.05, 3.63) is 30.6 Å². The van der Waals surface area contributed by atoms with Crippen LogP contribution in [0, 0.1) is 0 Å². The van der Waals surface area contributed by atoms with Crippen LogP contribution >= 0.6 is 0 Å². The number of imidazole rings is 1. The van der Waals surface area contributed by atoms with Gasteiger partial charge in [-0.15, -0.1) is 0 Å². The van der Waals surface area contributed by atoms with Crippen LogP contribution in [0.25, 0.3) is 11.0 Å². The number of aromatic amines is 1. The van der Waals surface area contributed by atoms with E-state index in [0.717, 1.165) is 11.0 Å². The Hall–Kier alpha value is -2.17. The zero-order valence-corrected chi connectivity index (χ0v) is 9.18. The van der Waals surface area contributed by atoms with Gasteiger partial charge in [0.05, 0.1) is 6.42 Å². The predicted octanol–water partition coefficient (Wildman–Crippen LogP) is 0.0158. The van der Waals surface area contributed by atoms with E-state index in [0.29, 0.717) is 6.42 Å². The van der Waals surface area contributed by atoms with Gasteiger partial charge in [-0.1, -0.05) is 12.1 Å². The van der Waals surface area contributed by atoms with Gasteiger partial charge in [0.2, 0.25) is 6.33 Å². The Balaban J connectivity index is 2.11. The molecule has 0 aliphatic heterocycles. The standard InChI is InChI=1S/C12H12N2O3/c15-11(6-3-7-12(16)17)14-8-13-9-4-1-2-5-10(9)14/h1-2,4-5,8H,3,6-7H2,(H,16,17). The Morgan fingerprint density at radius 1 is 1.24 bits per heavy atom. The molecule has 0 amide bonds. The molecule has 17 heavy (non-hydrogen) atoms. The summed E-state index contributed by atoms with van der Waals surface area (Å²) < 4.78 is 1.50. The SMILES string of the molecule is O=C([O-])CCCC(=O)n1c[nH+]c2ccccc21. The molecule has 0 saturated carbocycles. The highest BCUT2D eigenvalue weighted by molar-refractivity contribution is 5.88. The summed E-state index contributed by atoms with van der Waals surface area (Å²) in [6.45, 7) is 0. The number of benzene rings is 1. The molecule has 1 heterocycles. The number of nitrogens with zero attached hydrogens (tertiary/aromatic N) is 1. The van der Waals surface area contributed by atoms with Gasteiger partial charge in [-0.25, -0.2) is 9.78 Å². The zero-order valence-electron chi connectivity index (χ0n) is 9.18. The molecule has 0 spiro atoms. The van der Waals surface area contributed by atoms with Crippen LogP contribution in [-0.2, 0) is 4.79 Å². The van der Waals surface area contributed by atoms with Crippen LogP contribution in [-0.4, -0.2) is 16.4 Å². The van der Waals surface area contributed by atoms with E-state index in [1.807, 2.05) is 24.3 Å². The second-order valence-corrected chi connectivity index (χ2v) is 3.78. The summed E-state index contributed by atoms with van der Waals surface area (Å²) in [6.07, 6.45) is 1.99. The van der Waals surface area contributed by atoms with Crippen molar-refractivity contribution in [2.45, 2.75) is 19.3 Å². The molecule has 0 atom stereocenters. The lowest BCUT2D eigenvalue weighted by Gasteiger charge is -1.99. The van der Waals surface area contributed by atoms with Crippen molar-refractivity contribution in [2.75, 3.05) is 0 Å². The molecule has 1 N–H and O–H groups in total. The second-order valence-electron chi connectivity index (χ2n) is 3.78. The van der Waals surface area contributed by atoms with Crippen molar-refractivity contribution >= 4 is 22.9 Å². The number of carbonyl (C=O) groups excluding carboxylic acids is 2. The van der Waals surface area contributed by atoms with E-state index in [9.17, 15) is 14.7 Å². The van der Waals surface area contributed by atoms with Crippen LogP contribution in [0.5, 0.6) is 0 Å². The van der Waals surface area contributed by atoms with Crippen molar-refractivity contribution in [3.8, 4) is 0 Å². The van der Waals surface area contributed by atoms with Crippen molar-refractivity contribution in [2.24, 2.45) is 0 Å². The molecular formula is C12H12N2O3. The summed E-state index contributed by atoms with van der Waals surface area (Å²) in [5.74, 6) is -1.24. The zero-order chi connectivity index (χ0) is 12.3. The summed E-state index contributed by atoms with van der Waals surface area (Å²) in [5.41, 5.74) is 1.67. The van der Waals surface area contributed by atoms with Gasteiger partial charge >= 0.3 is 5.91 Å². The van der Waals surface area contributed by atoms with E-state index in [-0.39, 0.29) is 18.7 Å². The maximum atomic E-state index is 11.8. The fourth-order valence-corrected chi connectivity index (χ4v) is 1.72. The highest BCUT2D eigenvalue weighted by Gasteiger charge is 2.15. The molecule has 1 aromatic carbocycles. The van der Waals surface area contributed by atoms with Crippen LogP contribution in [0.1, 0.15) is 24.1 Å². The first-order chi connectivity index (χ1) is 8.18. The average Bonchev–Trinajstić information content (AvgIpc) is 2.72. The summed E-state index contributed by atoms with van der Waals surface area (Å²) in [4.78, 5) is 25.1. The normalized spacial score (nSPS) is 10.6. The number of H-pyrrole nitrogens is 1. The number of aliphatic carboxylic acids is 1. The van der Waals surface area contributed by atoms with Crippen LogP contribution < -0.4 is 10.1 Å². The first-order valence-electron chi connectivity index (χ1n) is 5.39. The highest BCUT2D eigenvalue weighted by Crippen LogP contribution is 2.10. The average molecular weight is 232 g/mol. The van der Waals surface area contributed by atoms with Gasteiger partial charge in [-0.05, 0) is 25.0 Å². The fourth-order valence-electron chi connectivity index (χ4n) is 1.72. The molecule has 0 fully saturated rings. The summed E-state index contributed by atoms with van der Waals surface area (Å²) >= 11 is 0. The van der Waals surface area contributed by atoms with E-state index in [4.69, 9.17) is 0 Å². The first-order valence-corrected chi connectivity index (χ1v) is 5.39. The molecule has 2 rings (SSSR count). The van der Waals surface area contributed by atoms with Gasteiger partial charge in [-0.2, -0.15) is 4.57 Å². The number of carbonyl (C=O) groups is 2. The third-order valence-electron chi connectivity index (χ3n) is 2.55. The molecule has 0 unspecified atom stereocenters. The molecule has 1 aromatic heterocycles. The number of carboxylic acids is 1. The van der Waals surface area contributed by atoms with Gasteiger partial charge in [0.25, 0.3) is 0 Å². The number of nitrogens with one attached hydrogen (secondary N) is 1. The fraction of sp³-hybridized carbons (Fsp3) is 0.250. The molecular weight excluding hydrogens is 220 g/mol. The minimum Gasteiger partial charge on any atom is -0.550 e. The Morgan fingerprint density at radius 2 is 2.00 bits per heavy atom. The van der Waals surface area contributed by atoms with Crippen molar-refractivity contribution in [1.29, 1.82) is 0 Å². The van der Waals surface area contributed by atoms with Gasteiger partial charge in [0, 0.05) is 5.97 Å². The number of carboxylic acid groups (broad SMARTS) is 1. The molecule has 2 aromatic rings. The van der Waals surface area contributed by atoms with Gasteiger partial charge < -0.3 is 9.90 Å². The number of fused-ring (bicyclic) bond motifs is 1. The maximum Gasteiger partial charge on any atom is 0.314 e. The summed E-state index contributed by atoms with van der Waals surface area (Å²) in [5, 5.41) is 10.2. The second kappa shape index (κ2) is 4.78. The van der Waals surface area contributed by atoms with Crippen molar-refractivity contribution in [1.82, 2.24) is 4.57 Å². The van der Waals surface area contributed by atoms with Crippen LogP contribution in [0.2, 0.25) is 0 Å². The van der Waals surface area contributed by atoms with E-state index < -0.39 is 5.97 Å². The van der Waals surface area contributed by atoms with Gasteiger partial charge in [0.15, 0.2) is 11.0 Å². The van der Waals surface area contributed by atoms with Crippen LogP contribution in [0.15, 0.2) is 30.6 Å². The lowest BCUT2D eigenvalue weighted by atomic mass is 10.2. The highest BCUT2D eigenvalue weighted by atomic mass is 16.4. The van der Waals surface area contributed by atoms with Crippen LogP contribution in [0.4, 0.5) is 0 Å². The predicted molar refractivity (Wildman–Crippen MR) is 58.0 cm³/mol. The van der Waals surface area contributed by atoms with E-state index in [1.165, 1.54) is 4.57 Å². The minimum atomic E-state index is -1.12. The molecule has 88 valence electrons. The number of aromatic nitrogens is 2. The van der Waals surface area contributed by atoms with Crippen molar-refractivity contribution < 1.29 is 19.7 Å². The summed E-state index contributed by atoms with van der Waals surface area (Å²) in [6, 6.07) is 7.44. The topological polar surface area (TPSA) is 76.3 Å². The number of hydrogen-bond donors (Lipinski definition) is 0. The Morgan fingerprint density at radius 3 is 2.76 bits per heavy atom. The first kappa shape index (κ1) is 11.3. The van der Waals surface area contributed by atoms with Crippen LogP contribution in [0.3, 0.4) is 0 Å². The van der Waals surface area contributed by atoms with Gasteiger partial charge in [0.1, 0.15) is 0 Å². The Bertz CT molecular complexity index is 560.